The summed E-state index contributed by atoms with van der Waals surface area (Å²) in [5.74, 6) is -0.135. The lowest BCUT2D eigenvalue weighted by Crippen LogP contribution is -2.28. The molecule has 1 amide bonds. The Morgan fingerprint density at radius 1 is 1.79 bits per heavy atom. The minimum atomic E-state index is -0.390. The van der Waals surface area contributed by atoms with E-state index < -0.39 is 0 Å². The predicted octanol–water partition coefficient (Wildman–Crippen LogP) is 1.82. The molecular weight excluding hydrogens is 200 g/mol. The summed E-state index contributed by atoms with van der Waals surface area (Å²) in [5.41, 5.74) is 0. The Hall–Kier alpha value is -0.940. The molecule has 1 heterocycles. The predicted molar refractivity (Wildman–Crippen MR) is 56.6 cm³/mol. The Bertz CT molecular complexity index is 308. The molecule has 0 spiro atoms. The van der Waals surface area contributed by atoms with Gasteiger partial charge in [-0.3, -0.25) is 10.1 Å². The summed E-state index contributed by atoms with van der Waals surface area (Å²) in [4.78, 5) is 16.6. The van der Waals surface area contributed by atoms with Crippen LogP contribution in [0.15, 0.2) is 6.20 Å². The van der Waals surface area contributed by atoms with Gasteiger partial charge in [-0.2, -0.15) is 0 Å². The second-order valence-corrected chi connectivity index (χ2v) is 4.13. The number of nitrogens with one attached hydrogen (secondary N) is 1. The van der Waals surface area contributed by atoms with Crippen LogP contribution in [0.1, 0.15) is 18.2 Å². The Labute approximate surface area is 87.3 Å². The zero-order chi connectivity index (χ0) is 10.6. The summed E-state index contributed by atoms with van der Waals surface area (Å²) in [5, 5.41) is 3.34. The first-order chi connectivity index (χ1) is 6.67. The minimum Gasteiger partial charge on any atom is -0.372 e. The number of aromatic nitrogens is 1. The molecule has 0 bridgehead atoms. The number of carbonyl (C=O) groups excluding carboxylic acids is 1. The molecule has 1 N–H and O–H groups in total. The quantitative estimate of drug-likeness (QED) is 0.831. The number of amides is 1. The summed E-state index contributed by atoms with van der Waals surface area (Å²) in [6.45, 7) is 3.85. The van der Waals surface area contributed by atoms with Gasteiger partial charge in [0.2, 0.25) is 0 Å². The first-order valence-electron chi connectivity index (χ1n) is 4.43. The first-order valence-corrected chi connectivity index (χ1v) is 5.25. The maximum absolute atomic E-state index is 11.5. The molecule has 0 radical (unpaired) electrons. The molecule has 4 nitrogen and oxygen atoms in total. The largest absolute Gasteiger partial charge is 0.372 e. The number of nitrogens with zero attached hydrogens (tertiary/aromatic N) is 1. The van der Waals surface area contributed by atoms with Crippen LogP contribution in [-0.4, -0.2) is 24.1 Å². The van der Waals surface area contributed by atoms with Crippen LogP contribution in [0.2, 0.25) is 0 Å². The lowest BCUT2D eigenvalue weighted by Gasteiger charge is -2.10. The molecule has 1 aromatic heterocycles. The standard InChI is InChI=1S/C9H14N2O2S/c1-4-7(13-3)8(12)11-9-10-5-6(2)14-9/h5,7H,4H2,1-3H3,(H,10,11,12)/t7-/m1/s1. The number of carbonyl (C=O) groups is 1. The van der Waals surface area contributed by atoms with Crippen LogP contribution in [0, 0.1) is 6.92 Å². The molecule has 1 aromatic rings. The second kappa shape index (κ2) is 5.07. The van der Waals surface area contributed by atoms with Crippen LogP contribution >= 0.6 is 11.3 Å². The first kappa shape index (κ1) is 11.1. The molecule has 0 aliphatic rings. The number of rotatable bonds is 4. The average Bonchev–Trinajstić information content (AvgIpc) is 2.53. The summed E-state index contributed by atoms with van der Waals surface area (Å²) >= 11 is 1.46. The highest BCUT2D eigenvalue weighted by molar-refractivity contribution is 7.15. The molecular formula is C9H14N2O2S. The summed E-state index contributed by atoms with van der Waals surface area (Å²) in [6, 6.07) is 0. The van der Waals surface area contributed by atoms with Gasteiger partial charge in [-0.25, -0.2) is 4.98 Å². The van der Waals surface area contributed by atoms with Crippen LogP contribution in [0.5, 0.6) is 0 Å². The number of anilines is 1. The zero-order valence-electron chi connectivity index (χ0n) is 8.53. The molecule has 78 valence electrons. The van der Waals surface area contributed by atoms with Crippen molar-refractivity contribution in [3.05, 3.63) is 11.1 Å². The monoisotopic (exact) mass is 214 g/mol. The maximum Gasteiger partial charge on any atom is 0.255 e. The molecule has 0 saturated heterocycles. The lowest BCUT2D eigenvalue weighted by molar-refractivity contribution is -0.125. The van der Waals surface area contributed by atoms with E-state index >= 15 is 0 Å². The van der Waals surface area contributed by atoms with E-state index in [1.54, 1.807) is 6.20 Å². The van der Waals surface area contributed by atoms with Gasteiger partial charge in [-0.1, -0.05) is 6.92 Å². The molecule has 0 aromatic carbocycles. The van der Waals surface area contributed by atoms with Crippen molar-refractivity contribution in [1.29, 1.82) is 0 Å². The molecule has 1 atom stereocenters. The normalized spacial score (nSPS) is 12.5. The third-order valence-corrected chi connectivity index (χ3v) is 2.63. The molecule has 0 aliphatic heterocycles. The molecule has 0 aliphatic carbocycles. The lowest BCUT2D eigenvalue weighted by atomic mass is 10.2. The third-order valence-electron chi connectivity index (χ3n) is 1.80. The number of aryl methyl sites for hydroxylation is 1. The van der Waals surface area contributed by atoms with Gasteiger partial charge in [-0.05, 0) is 13.3 Å². The molecule has 0 saturated carbocycles. The number of hydrogen-bond donors (Lipinski definition) is 1. The van der Waals surface area contributed by atoms with Crippen molar-refractivity contribution < 1.29 is 9.53 Å². The fourth-order valence-electron chi connectivity index (χ4n) is 1.06. The fourth-order valence-corrected chi connectivity index (χ4v) is 1.72. The number of thiazole rings is 1. The van der Waals surface area contributed by atoms with E-state index in [1.165, 1.54) is 18.4 Å². The minimum absolute atomic E-state index is 0.135. The Balaban J connectivity index is 2.56. The summed E-state index contributed by atoms with van der Waals surface area (Å²) < 4.78 is 5.01. The van der Waals surface area contributed by atoms with Gasteiger partial charge in [0, 0.05) is 18.2 Å². The molecule has 14 heavy (non-hydrogen) atoms. The van der Waals surface area contributed by atoms with E-state index in [1.807, 2.05) is 13.8 Å². The van der Waals surface area contributed by atoms with Gasteiger partial charge >= 0.3 is 0 Å². The maximum atomic E-state index is 11.5. The van der Waals surface area contributed by atoms with Crippen molar-refractivity contribution in [1.82, 2.24) is 4.98 Å². The third kappa shape index (κ3) is 2.78. The van der Waals surface area contributed by atoms with Gasteiger partial charge in [0.15, 0.2) is 5.13 Å². The molecule has 5 heteroatoms. The van der Waals surface area contributed by atoms with Crippen molar-refractivity contribution in [3.63, 3.8) is 0 Å². The van der Waals surface area contributed by atoms with Gasteiger partial charge in [-0.15, -0.1) is 11.3 Å². The molecule has 0 fully saturated rings. The van der Waals surface area contributed by atoms with Crippen LogP contribution in [0.4, 0.5) is 5.13 Å². The van der Waals surface area contributed by atoms with Crippen molar-refractivity contribution >= 4 is 22.4 Å². The highest BCUT2D eigenvalue weighted by Gasteiger charge is 2.16. The average molecular weight is 214 g/mol. The SMILES string of the molecule is CC[C@@H](OC)C(=O)Nc1ncc(C)s1. The van der Waals surface area contributed by atoms with Gasteiger partial charge in [0.25, 0.3) is 5.91 Å². The van der Waals surface area contributed by atoms with E-state index in [4.69, 9.17) is 4.74 Å². The van der Waals surface area contributed by atoms with Crippen LogP contribution in [0.3, 0.4) is 0 Å². The second-order valence-electron chi connectivity index (χ2n) is 2.90. The highest BCUT2D eigenvalue weighted by Crippen LogP contribution is 2.17. The summed E-state index contributed by atoms with van der Waals surface area (Å²) in [6.07, 6.45) is 2.00. The molecule has 1 rings (SSSR count). The highest BCUT2D eigenvalue weighted by atomic mass is 32.1. The Morgan fingerprint density at radius 3 is 2.93 bits per heavy atom. The van der Waals surface area contributed by atoms with E-state index in [2.05, 4.69) is 10.3 Å². The van der Waals surface area contributed by atoms with Crippen LogP contribution < -0.4 is 5.32 Å². The fraction of sp³-hybridized carbons (Fsp3) is 0.556. The van der Waals surface area contributed by atoms with E-state index in [-0.39, 0.29) is 12.0 Å². The van der Waals surface area contributed by atoms with E-state index in [0.29, 0.717) is 11.6 Å². The van der Waals surface area contributed by atoms with Crippen molar-refractivity contribution in [2.45, 2.75) is 26.4 Å². The number of hydrogen-bond acceptors (Lipinski definition) is 4. The van der Waals surface area contributed by atoms with Crippen LogP contribution in [0.25, 0.3) is 0 Å². The van der Waals surface area contributed by atoms with Crippen molar-refractivity contribution in [3.8, 4) is 0 Å². The summed E-state index contributed by atoms with van der Waals surface area (Å²) in [7, 11) is 1.53. The molecule has 0 unspecified atom stereocenters. The van der Waals surface area contributed by atoms with E-state index in [0.717, 1.165) is 4.88 Å². The van der Waals surface area contributed by atoms with Gasteiger partial charge in [0.1, 0.15) is 6.10 Å². The van der Waals surface area contributed by atoms with E-state index in [9.17, 15) is 4.79 Å². The van der Waals surface area contributed by atoms with Crippen molar-refractivity contribution in [2.75, 3.05) is 12.4 Å². The number of ether oxygens (including phenoxy) is 1. The van der Waals surface area contributed by atoms with Crippen LogP contribution in [-0.2, 0) is 9.53 Å². The smallest absolute Gasteiger partial charge is 0.255 e. The van der Waals surface area contributed by atoms with Gasteiger partial charge in [0.05, 0.1) is 0 Å². The topological polar surface area (TPSA) is 51.2 Å². The number of methoxy groups -OCH3 is 1. The Morgan fingerprint density at radius 2 is 2.50 bits per heavy atom. The van der Waals surface area contributed by atoms with Crippen molar-refractivity contribution in [2.24, 2.45) is 0 Å². The van der Waals surface area contributed by atoms with Gasteiger partial charge < -0.3 is 4.74 Å². The Kier molecular flexibility index (Phi) is 4.03. The zero-order valence-corrected chi connectivity index (χ0v) is 9.35.